The maximum Gasteiger partial charge on any atom is 0.359 e. The summed E-state index contributed by atoms with van der Waals surface area (Å²) < 4.78 is 4.94. The third kappa shape index (κ3) is 1.66. The number of benzene rings is 1. The highest BCUT2D eigenvalue weighted by Gasteiger charge is 2.15. The Morgan fingerprint density at radius 2 is 2.06 bits per heavy atom. The summed E-state index contributed by atoms with van der Waals surface area (Å²) in [6.45, 7) is 6.18. The van der Waals surface area contributed by atoms with Gasteiger partial charge in [0.25, 0.3) is 0 Å². The Kier molecular flexibility index (Phi) is 2.64. The lowest BCUT2D eigenvalue weighted by Gasteiger charge is -2.01. The standard InChI is InChI=1S/C12H14N2O2/c1-4-16-12(15)11-9-5-7(2)8(3)6-10(9)13-14-11/h5-6H,4H2,1-3H3,(H,13,14). The van der Waals surface area contributed by atoms with E-state index in [4.69, 9.17) is 4.74 Å². The van der Waals surface area contributed by atoms with Crippen molar-refractivity contribution in [2.45, 2.75) is 20.8 Å². The van der Waals surface area contributed by atoms with E-state index in [0.29, 0.717) is 12.3 Å². The SMILES string of the molecule is CCOC(=O)c1n[nH]c2cc(C)c(C)cc12. The summed E-state index contributed by atoms with van der Waals surface area (Å²) in [5.74, 6) is -0.378. The smallest absolute Gasteiger partial charge is 0.359 e. The van der Waals surface area contributed by atoms with Gasteiger partial charge in [0, 0.05) is 5.39 Å². The van der Waals surface area contributed by atoms with Gasteiger partial charge in [0.05, 0.1) is 12.1 Å². The van der Waals surface area contributed by atoms with Crippen LogP contribution < -0.4 is 0 Å². The van der Waals surface area contributed by atoms with Crippen LogP contribution in [0.4, 0.5) is 0 Å². The number of hydrogen-bond donors (Lipinski definition) is 1. The quantitative estimate of drug-likeness (QED) is 0.787. The molecule has 2 aromatic rings. The number of hydrogen-bond acceptors (Lipinski definition) is 3. The Hall–Kier alpha value is -1.84. The van der Waals surface area contributed by atoms with Crippen molar-refractivity contribution in [1.82, 2.24) is 10.2 Å². The Morgan fingerprint density at radius 3 is 2.75 bits per heavy atom. The molecule has 84 valence electrons. The van der Waals surface area contributed by atoms with Gasteiger partial charge in [-0.15, -0.1) is 0 Å². The fraction of sp³-hybridized carbons (Fsp3) is 0.333. The normalized spacial score (nSPS) is 10.7. The summed E-state index contributed by atoms with van der Waals surface area (Å²) in [5, 5.41) is 7.66. The van der Waals surface area contributed by atoms with Gasteiger partial charge in [-0.05, 0) is 44.0 Å². The molecule has 0 aliphatic carbocycles. The molecule has 0 amide bonds. The number of aromatic nitrogens is 2. The highest BCUT2D eigenvalue weighted by molar-refractivity contribution is 6.02. The van der Waals surface area contributed by atoms with Crippen LogP contribution >= 0.6 is 0 Å². The molecule has 1 N–H and O–H groups in total. The van der Waals surface area contributed by atoms with Crippen molar-refractivity contribution in [2.24, 2.45) is 0 Å². The monoisotopic (exact) mass is 218 g/mol. The number of aryl methyl sites for hydroxylation is 2. The van der Waals surface area contributed by atoms with Gasteiger partial charge in [0.15, 0.2) is 5.69 Å². The number of fused-ring (bicyclic) bond motifs is 1. The summed E-state index contributed by atoms with van der Waals surface area (Å²) in [4.78, 5) is 11.6. The van der Waals surface area contributed by atoms with Crippen molar-refractivity contribution >= 4 is 16.9 Å². The zero-order chi connectivity index (χ0) is 11.7. The van der Waals surface area contributed by atoms with E-state index >= 15 is 0 Å². The molecule has 0 aliphatic heterocycles. The molecule has 0 atom stereocenters. The number of aromatic amines is 1. The van der Waals surface area contributed by atoms with Gasteiger partial charge in [-0.25, -0.2) is 4.79 Å². The first-order chi connectivity index (χ1) is 7.63. The van der Waals surface area contributed by atoms with Gasteiger partial charge < -0.3 is 4.74 Å². The molecule has 0 aliphatic rings. The topological polar surface area (TPSA) is 55.0 Å². The first-order valence-corrected chi connectivity index (χ1v) is 5.26. The second kappa shape index (κ2) is 3.96. The lowest BCUT2D eigenvalue weighted by Crippen LogP contribution is -2.05. The Morgan fingerprint density at radius 1 is 1.38 bits per heavy atom. The zero-order valence-electron chi connectivity index (χ0n) is 9.63. The first kappa shape index (κ1) is 10.7. The fourth-order valence-electron chi connectivity index (χ4n) is 1.64. The predicted octanol–water partition coefficient (Wildman–Crippen LogP) is 2.36. The Balaban J connectivity index is 2.56. The minimum Gasteiger partial charge on any atom is -0.461 e. The molecule has 0 bridgehead atoms. The van der Waals surface area contributed by atoms with E-state index in [1.807, 2.05) is 26.0 Å². The summed E-state index contributed by atoms with van der Waals surface area (Å²) in [6.07, 6.45) is 0. The highest BCUT2D eigenvalue weighted by Crippen LogP contribution is 2.20. The van der Waals surface area contributed by atoms with Crippen LogP contribution in [0, 0.1) is 13.8 Å². The van der Waals surface area contributed by atoms with E-state index in [0.717, 1.165) is 16.5 Å². The summed E-state index contributed by atoms with van der Waals surface area (Å²) in [6, 6.07) is 3.95. The molecule has 1 aromatic carbocycles. The molecule has 1 aromatic heterocycles. The number of ether oxygens (including phenoxy) is 1. The molecule has 0 spiro atoms. The number of carbonyl (C=O) groups is 1. The number of H-pyrrole nitrogens is 1. The second-order valence-electron chi connectivity index (χ2n) is 3.77. The second-order valence-corrected chi connectivity index (χ2v) is 3.77. The van der Waals surface area contributed by atoms with E-state index < -0.39 is 0 Å². The van der Waals surface area contributed by atoms with Crippen LogP contribution in [0.2, 0.25) is 0 Å². The molecular weight excluding hydrogens is 204 g/mol. The molecule has 0 radical (unpaired) electrons. The van der Waals surface area contributed by atoms with Gasteiger partial charge in [-0.3, -0.25) is 5.10 Å². The average molecular weight is 218 g/mol. The molecule has 16 heavy (non-hydrogen) atoms. The van der Waals surface area contributed by atoms with Crippen molar-refractivity contribution in [3.8, 4) is 0 Å². The number of rotatable bonds is 2. The van der Waals surface area contributed by atoms with Crippen LogP contribution in [-0.4, -0.2) is 22.8 Å². The third-order valence-corrected chi connectivity index (χ3v) is 2.65. The molecule has 0 saturated carbocycles. The maximum absolute atomic E-state index is 11.6. The molecule has 4 heteroatoms. The van der Waals surface area contributed by atoms with E-state index in [-0.39, 0.29) is 5.97 Å². The van der Waals surface area contributed by atoms with Crippen molar-refractivity contribution < 1.29 is 9.53 Å². The largest absolute Gasteiger partial charge is 0.461 e. The third-order valence-electron chi connectivity index (χ3n) is 2.65. The predicted molar refractivity (Wildman–Crippen MR) is 61.5 cm³/mol. The molecule has 4 nitrogen and oxygen atoms in total. The Labute approximate surface area is 93.6 Å². The van der Waals surface area contributed by atoms with Crippen molar-refractivity contribution in [1.29, 1.82) is 0 Å². The lowest BCUT2D eigenvalue weighted by atomic mass is 10.1. The first-order valence-electron chi connectivity index (χ1n) is 5.26. The lowest BCUT2D eigenvalue weighted by molar-refractivity contribution is 0.0521. The van der Waals surface area contributed by atoms with Crippen molar-refractivity contribution in [2.75, 3.05) is 6.61 Å². The number of esters is 1. The van der Waals surface area contributed by atoms with Gasteiger partial charge in [0.2, 0.25) is 0 Å². The fourth-order valence-corrected chi connectivity index (χ4v) is 1.64. The number of nitrogens with one attached hydrogen (secondary N) is 1. The van der Waals surface area contributed by atoms with Gasteiger partial charge in [-0.1, -0.05) is 0 Å². The van der Waals surface area contributed by atoms with E-state index in [1.54, 1.807) is 6.92 Å². The maximum atomic E-state index is 11.6. The summed E-state index contributed by atoms with van der Waals surface area (Å²) >= 11 is 0. The van der Waals surface area contributed by atoms with E-state index in [9.17, 15) is 4.79 Å². The summed E-state index contributed by atoms with van der Waals surface area (Å²) in [5.41, 5.74) is 3.54. The average Bonchev–Trinajstić information content (AvgIpc) is 2.62. The van der Waals surface area contributed by atoms with E-state index in [1.165, 1.54) is 5.56 Å². The van der Waals surface area contributed by atoms with Gasteiger partial charge in [-0.2, -0.15) is 5.10 Å². The van der Waals surface area contributed by atoms with Crippen LogP contribution in [-0.2, 0) is 4.74 Å². The van der Waals surface area contributed by atoms with Crippen LogP contribution in [0.25, 0.3) is 10.9 Å². The van der Waals surface area contributed by atoms with Crippen LogP contribution in [0.5, 0.6) is 0 Å². The minimum absolute atomic E-state index is 0.359. The molecule has 0 unspecified atom stereocenters. The number of carbonyl (C=O) groups excluding carboxylic acids is 1. The van der Waals surface area contributed by atoms with Crippen molar-refractivity contribution in [3.05, 3.63) is 29.0 Å². The Bertz CT molecular complexity index is 543. The van der Waals surface area contributed by atoms with Crippen LogP contribution in [0.1, 0.15) is 28.5 Å². The highest BCUT2D eigenvalue weighted by atomic mass is 16.5. The molecule has 2 rings (SSSR count). The zero-order valence-corrected chi connectivity index (χ0v) is 9.63. The number of nitrogens with zero attached hydrogens (tertiary/aromatic N) is 1. The molecule has 1 heterocycles. The summed E-state index contributed by atoms with van der Waals surface area (Å²) in [7, 11) is 0. The van der Waals surface area contributed by atoms with Gasteiger partial charge >= 0.3 is 5.97 Å². The molecular formula is C12H14N2O2. The molecule has 0 fully saturated rings. The molecule has 0 saturated heterocycles. The van der Waals surface area contributed by atoms with Crippen molar-refractivity contribution in [3.63, 3.8) is 0 Å². The van der Waals surface area contributed by atoms with E-state index in [2.05, 4.69) is 10.2 Å². The van der Waals surface area contributed by atoms with Crippen LogP contribution in [0.15, 0.2) is 12.1 Å². The minimum atomic E-state index is -0.378. The van der Waals surface area contributed by atoms with Gasteiger partial charge in [0.1, 0.15) is 0 Å². The van der Waals surface area contributed by atoms with Crippen LogP contribution in [0.3, 0.4) is 0 Å².